The third kappa shape index (κ3) is 12.4. The molecule has 0 aliphatic carbocycles. The minimum atomic E-state index is -1.45. The van der Waals surface area contributed by atoms with E-state index in [9.17, 15) is 24.9 Å². The van der Waals surface area contributed by atoms with E-state index in [0.29, 0.717) is 12.1 Å². The Morgan fingerprint density at radius 2 is 1.79 bits per heavy atom. The van der Waals surface area contributed by atoms with Crippen molar-refractivity contribution >= 4 is 11.9 Å². The maximum absolute atomic E-state index is 12.9. The zero-order valence-corrected chi connectivity index (χ0v) is 33.2. The van der Waals surface area contributed by atoms with E-state index in [2.05, 4.69) is 64.2 Å². The Morgan fingerprint density at radius 3 is 2.37 bits per heavy atom. The summed E-state index contributed by atoms with van der Waals surface area (Å²) < 4.78 is 23.3. The molecule has 10 heteroatoms. The standard InChI is InChI=1S/C42H65NO9/c1-12-33(49-11)28(4)37-38(52-37)39(43-25-30-16-18-31(19-17-30)40(6,7)8)42(10,48)22-13-14-26(2)36-27(3)15-20-34(50-29(5)44)41(9,47)23-21-32(45)24-35(46)51-36/h13-20,22,27-28,32-34,36-39,43,45,47-48H,12,21,23-25H2,1-11H3/b20-15+,22-13+,26-14+/t27?,28-,32?,33+,34+,36-,37?,38?,39?,41?,42?/m1/s1. The molecule has 2 aliphatic heterocycles. The molecule has 3 rings (SSSR count). The number of carbonyl (C=O) groups is 2. The molecule has 1 saturated heterocycles. The van der Waals surface area contributed by atoms with Gasteiger partial charge in [0.15, 0.2) is 0 Å². The molecule has 11 atom stereocenters. The summed E-state index contributed by atoms with van der Waals surface area (Å²) in [5.74, 6) is -1.36. The number of rotatable bonds is 13. The largest absolute Gasteiger partial charge is 0.457 e. The van der Waals surface area contributed by atoms with Gasteiger partial charge in [-0.25, -0.2) is 0 Å². The summed E-state index contributed by atoms with van der Waals surface area (Å²) in [5.41, 5.74) is 0.297. The number of methoxy groups -OCH3 is 1. The number of aliphatic hydroxyl groups excluding tert-OH is 1. The van der Waals surface area contributed by atoms with Crippen LogP contribution in [0.3, 0.4) is 0 Å². The van der Waals surface area contributed by atoms with Crippen LogP contribution in [-0.2, 0) is 40.5 Å². The van der Waals surface area contributed by atoms with E-state index in [0.717, 1.165) is 12.0 Å². The van der Waals surface area contributed by atoms with Crippen molar-refractivity contribution in [2.45, 2.75) is 161 Å². The zero-order valence-electron chi connectivity index (χ0n) is 33.2. The molecule has 0 spiro atoms. The minimum absolute atomic E-state index is 0.0351. The average molecular weight is 728 g/mol. The van der Waals surface area contributed by atoms with Crippen molar-refractivity contribution in [2.24, 2.45) is 11.8 Å². The van der Waals surface area contributed by atoms with Crippen LogP contribution in [0.5, 0.6) is 0 Å². The zero-order chi connectivity index (χ0) is 39.0. The molecule has 0 aromatic heterocycles. The van der Waals surface area contributed by atoms with Gasteiger partial charge in [-0.05, 0) is 68.2 Å². The van der Waals surface area contributed by atoms with Crippen molar-refractivity contribution in [1.29, 1.82) is 0 Å². The number of hydrogen-bond donors (Lipinski definition) is 4. The smallest absolute Gasteiger partial charge is 0.309 e. The van der Waals surface area contributed by atoms with Crippen molar-refractivity contribution in [3.8, 4) is 0 Å². The molecule has 4 N–H and O–H groups in total. The van der Waals surface area contributed by atoms with Gasteiger partial charge in [0.1, 0.15) is 23.9 Å². The van der Waals surface area contributed by atoms with Gasteiger partial charge < -0.3 is 39.6 Å². The Kier molecular flexibility index (Phi) is 15.5. The lowest BCUT2D eigenvalue weighted by atomic mass is 9.86. The van der Waals surface area contributed by atoms with Gasteiger partial charge in [-0.15, -0.1) is 0 Å². The number of allylic oxidation sites excluding steroid dienone is 2. The van der Waals surface area contributed by atoms with E-state index in [1.165, 1.54) is 12.5 Å². The molecule has 7 unspecified atom stereocenters. The highest BCUT2D eigenvalue weighted by Crippen LogP contribution is 2.39. The molecule has 1 aromatic carbocycles. The van der Waals surface area contributed by atoms with E-state index in [-0.39, 0.29) is 54.8 Å². The Bertz CT molecular complexity index is 1400. The van der Waals surface area contributed by atoms with E-state index in [1.807, 2.05) is 13.8 Å². The van der Waals surface area contributed by atoms with Crippen molar-refractivity contribution < 1.29 is 43.9 Å². The SMILES string of the molecule is CC[C@H](OC)[C@@H](C)C1OC1C(NCc1ccc(C(C)(C)C)cc1)C(C)(O)/C=C/C=C(\C)[C@H]1OC(=O)CC(O)CCC(C)(O)[C@@H](OC(C)=O)/C=C/C1C. The second kappa shape index (κ2) is 18.5. The molecule has 0 radical (unpaired) electrons. The molecule has 2 aliphatic rings. The van der Waals surface area contributed by atoms with Crippen LogP contribution in [0.15, 0.2) is 60.2 Å². The first-order valence-corrected chi connectivity index (χ1v) is 18.7. The first-order valence-electron chi connectivity index (χ1n) is 18.7. The van der Waals surface area contributed by atoms with Crippen LogP contribution in [0.2, 0.25) is 0 Å². The predicted molar refractivity (Wildman–Crippen MR) is 202 cm³/mol. The molecule has 0 bridgehead atoms. The lowest BCUT2D eigenvalue weighted by molar-refractivity contribution is -0.157. The van der Waals surface area contributed by atoms with E-state index >= 15 is 0 Å². The Balaban J connectivity index is 1.88. The van der Waals surface area contributed by atoms with Crippen LogP contribution < -0.4 is 5.32 Å². The first kappa shape index (κ1) is 43.5. The molecule has 10 nitrogen and oxygen atoms in total. The van der Waals surface area contributed by atoms with Crippen LogP contribution in [0.4, 0.5) is 0 Å². The molecule has 52 heavy (non-hydrogen) atoms. The number of aliphatic hydroxyl groups is 3. The number of carbonyl (C=O) groups excluding carboxylic acids is 2. The molecule has 2 heterocycles. The van der Waals surface area contributed by atoms with E-state index in [1.54, 1.807) is 51.3 Å². The summed E-state index contributed by atoms with van der Waals surface area (Å²) in [5, 5.41) is 37.2. The van der Waals surface area contributed by atoms with Crippen LogP contribution in [0.1, 0.15) is 106 Å². The van der Waals surface area contributed by atoms with Gasteiger partial charge in [-0.3, -0.25) is 9.59 Å². The topological polar surface area (TPSA) is 147 Å². The lowest BCUT2D eigenvalue weighted by Gasteiger charge is -2.32. The molecular formula is C42H65NO9. The summed E-state index contributed by atoms with van der Waals surface area (Å²) in [6, 6.07) is 8.07. The number of cyclic esters (lactones) is 1. The van der Waals surface area contributed by atoms with Crippen molar-refractivity contribution in [3.05, 3.63) is 71.3 Å². The minimum Gasteiger partial charge on any atom is -0.457 e. The fourth-order valence-electron chi connectivity index (χ4n) is 7.02. The predicted octanol–water partition coefficient (Wildman–Crippen LogP) is 5.86. The number of hydrogen-bond acceptors (Lipinski definition) is 10. The number of ether oxygens (including phenoxy) is 4. The van der Waals surface area contributed by atoms with Gasteiger partial charge >= 0.3 is 11.9 Å². The van der Waals surface area contributed by atoms with Gasteiger partial charge in [-0.1, -0.05) is 90.1 Å². The summed E-state index contributed by atoms with van der Waals surface area (Å²) in [6.45, 7) is 19.6. The Hall–Kier alpha value is -2.86. The lowest BCUT2D eigenvalue weighted by Crippen LogP contribution is -2.52. The average Bonchev–Trinajstić information content (AvgIpc) is 3.84. The highest BCUT2D eigenvalue weighted by atomic mass is 16.6. The van der Waals surface area contributed by atoms with Gasteiger partial charge in [0.05, 0.1) is 36.4 Å². The van der Waals surface area contributed by atoms with Crippen LogP contribution in [0.25, 0.3) is 0 Å². The number of nitrogens with one attached hydrogen (secondary N) is 1. The van der Waals surface area contributed by atoms with Crippen molar-refractivity contribution in [1.82, 2.24) is 5.32 Å². The molecular weight excluding hydrogens is 662 g/mol. The summed E-state index contributed by atoms with van der Waals surface area (Å²) in [6.07, 6.45) is 6.48. The third-order valence-electron chi connectivity index (χ3n) is 10.5. The van der Waals surface area contributed by atoms with Crippen molar-refractivity contribution in [3.63, 3.8) is 0 Å². The second-order valence-corrected chi connectivity index (χ2v) is 16.3. The summed E-state index contributed by atoms with van der Waals surface area (Å²) >= 11 is 0. The van der Waals surface area contributed by atoms with Gasteiger partial charge in [0, 0.05) is 32.4 Å². The first-order chi connectivity index (χ1) is 24.2. The molecule has 1 fully saturated rings. The van der Waals surface area contributed by atoms with Crippen LogP contribution >= 0.6 is 0 Å². The third-order valence-corrected chi connectivity index (χ3v) is 10.5. The summed E-state index contributed by atoms with van der Waals surface area (Å²) in [7, 11) is 1.72. The molecule has 292 valence electrons. The number of epoxide rings is 1. The fraction of sp³-hybridized carbons (Fsp3) is 0.667. The van der Waals surface area contributed by atoms with Gasteiger partial charge in [0.2, 0.25) is 0 Å². The van der Waals surface area contributed by atoms with Crippen LogP contribution in [0, 0.1) is 11.8 Å². The maximum Gasteiger partial charge on any atom is 0.309 e. The van der Waals surface area contributed by atoms with Crippen molar-refractivity contribution in [2.75, 3.05) is 7.11 Å². The maximum atomic E-state index is 12.9. The quantitative estimate of drug-likeness (QED) is 0.0844. The monoisotopic (exact) mass is 727 g/mol. The molecule has 0 saturated carbocycles. The number of esters is 2. The van der Waals surface area contributed by atoms with E-state index in [4.69, 9.17) is 18.9 Å². The van der Waals surface area contributed by atoms with Crippen LogP contribution in [-0.4, -0.2) is 88.2 Å². The van der Waals surface area contributed by atoms with Gasteiger partial charge in [0.25, 0.3) is 0 Å². The normalized spacial score (nSPS) is 31.3. The Morgan fingerprint density at radius 1 is 1.13 bits per heavy atom. The Labute approximate surface area is 311 Å². The highest BCUT2D eigenvalue weighted by molar-refractivity contribution is 5.70. The number of benzene rings is 1. The van der Waals surface area contributed by atoms with Gasteiger partial charge in [-0.2, -0.15) is 0 Å². The molecule has 0 amide bonds. The molecule has 1 aromatic rings. The summed E-state index contributed by atoms with van der Waals surface area (Å²) in [4.78, 5) is 24.8. The highest BCUT2D eigenvalue weighted by Gasteiger charge is 2.54. The van der Waals surface area contributed by atoms with E-state index < -0.39 is 47.5 Å². The fourth-order valence-corrected chi connectivity index (χ4v) is 7.02. The second-order valence-electron chi connectivity index (χ2n) is 16.3.